The normalized spacial score (nSPS) is 21.1. The molecule has 0 aromatic rings. The van der Waals surface area contributed by atoms with E-state index in [1.54, 1.807) is 6.08 Å². The maximum atomic E-state index is 13.0. The molecule has 7 atom stereocenters. The monoisotopic (exact) mass is 850 g/mol. The molecule has 58 heavy (non-hydrogen) atoms. The second-order valence-electron chi connectivity index (χ2n) is 16.7. The van der Waals surface area contributed by atoms with Crippen molar-refractivity contribution < 1.29 is 51.8 Å². The number of rotatable bonds is 40. The minimum absolute atomic E-state index is 0.260. The third kappa shape index (κ3) is 29.2. The van der Waals surface area contributed by atoms with E-state index < -0.39 is 59.9 Å². The van der Waals surface area contributed by atoms with Crippen molar-refractivity contribution >= 4 is 16.3 Å². The molecule has 0 spiro atoms. The number of carbonyl (C=O) groups is 1. The maximum absolute atomic E-state index is 13.0. The van der Waals surface area contributed by atoms with E-state index >= 15 is 0 Å². The molecular weight excluding hydrogens is 763 g/mol. The fourth-order valence-corrected chi connectivity index (χ4v) is 8.14. The molecule has 1 saturated heterocycles. The molecule has 1 aliphatic rings. The van der Waals surface area contributed by atoms with E-state index in [1.807, 2.05) is 6.08 Å². The average Bonchev–Trinajstić information content (AvgIpc) is 3.19. The standard InChI is InChI=1S/C45H87NO11S/c1-3-5-7-9-11-13-15-17-19-20-21-22-24-26-28-30-32-34-39(48)38(37-55-45-43(51)44(57-58(52,53)54)42(50)40(36-47)56-45)46-41(49)35-33-31-29-27-25-23-18-16-14-12-10-8-6-4-2/h32,34,38-40,42-45,47-48,50-51H,3-31,33,35-37H2,1-2H3,(H,46,49)(H,52,53,54)/b34-32+. The molecule has 1 amide bonds. The molecule has 13 heteroatoms. The van der Waals surface area contributed by atoms with Gasteiger partial charge in [-0.25, -0.2) is 4.18 Å². The zero-order valence-corrected chi connectivity index (χ0v) is 37.4. The zero-order chi connectivity index (χ0) is 42.7. The van der Waals surface area contributed by atoms with E-state index in [0.717, 1.165) is 38.5 Å². The van der Waals surface area contributed by atoms with Gasteiger partial charge < -0.3 is 35.2 Å². The summed E-state index contributed by atoms with van der Waals surface area (Å²) in [5, 5.41) is 44.7. The van der Waals surface area contributed by atoms with Crippen molar-refractivity contribution in [2.24, 2.45) is 0 Å². The van der Waals surface area contributed by atoms with Gasteiger partial charge in [-0.2, -0.15) is 8.42 Å². The van der Waals surface area contributed by atoms with Crippen molar-refractivity contribution in [3.63, 3.8) is 0 Å². The number of hydrogen-bond donors (Lipinski definition) is 6. The van der Waals surface area contributed by atoms with Crippen LogP contribution in [-0.2, 0) is 28.9 Å². The number of amides is 1. The summed E-state index contributed by atoms with van der Waals surface area (Å²) in [6, 6.07) is -0.937. The van der Waals surface area contributed by atoms with Crippen molar-refractivity contribution in [3.8, 4) is 0 Å². The minimum atomic E-state index is -5.08. The second kappa shape index (κ2) is 36.5. The molecule has 0 radical (unpaired) electrons. The fraction of sp³-hybridized carbons (Fsp3) is 0.933. The Morgan fingerprint density at radius 2 is 1.09 bits per heavy atom. The Hall–Kier alpha value is -1.16. The number of aliphatic hydroxyl groups excluding tert-OH is 4. The number of unbranched alkanes of at least 4 members (excludes halogenated alkanes) is 28. The van der Waals surface area contributed by atoms with Gasteiger partial charge in [0.05, 0.1) is 25.4 Å². The molecular formula is C45H87NO11S. The first-order valence-electron chi connectivity index (χ1n) is 23.6. The highest BCUT2D eigenvalue weighted by Crippen LogP contribution is 2.26. The zero-order valence-electron chi connectivity index (χ0n) is 36.6. The molecule has 0 aliphatic carbocycles. The summed E-state index contributed by atoms with van der Waals surface area (Å²) in [6.07, 6.45) is 31.0. The lowest BCUT2D eigenvalue weighted by molar-refractivity contribution is -0.298. The van der Waals surface area contributed by atoms with Gasteiger partial charge in [0.2, 0.25) is 5.91 Å². The molecule has 344 valence electrons. The van der Waals surface area contributed by atoms with Crippen molar-refractivity contribution in [1.29, 1.82) is 0 Å². The maximum Gasteiger partial charge on any atom is 0.397 e. The smallest absolute Gasteiger partial charge is 0.394 e. The number of nitrogens with one attached hydrogen (secondary N) is 1. The van der Waals surface area contributed by atoms with Gasteiger partial charge in [-0.15, -0.1) is 0 Å². The number of hydrogen-bond acceptors (Lipinski definition) is 10. The summed E-state index contributed by atoms with van der Waals surface area (Å²) >= 11 is 0. The minimum Gasteiger partial charge on any atom is -0.394 e. The topological polar surface area (TPSA) is 192 Å². The van der Waals surface area contributed by atoms with Crippen LogP contribution in [0.15, 0.2) is 12.2 Å². The third-order valence-electron chi connectivity index (χ3n) is 11.3. The molecule has 0 aromatic heterocycles. The Bertz CT molecular complexity index is 1090. The molecule has 1 rings (SSSR count). The fourth-order valence-electron chi connectivity index (χ4n) is 7.63. The molecule has 1 aliphatic heterocycles. The first-order valence-corrected chi connectivity index (χ1v) is 24.9. The van der Waals surface area contributed by atoms with Crippen LogP contribution in [0.25, 0.3) is 0 Å². The first-order chi connectivity index (χ1) is 28.0. The Morgan fingerprint density at radius 1 is 0.672 bits per heavy atom. The highest BCUT2D eigenvalue weighted by atomic mass is 32.3. The van der Waals surface area contributed by atoms with Gasteiger partial charge >= 0.3 is 10.4 Å². The highest BCUT2D eigenvalue weighted by Gasteiger charge is 2.48. The third-order valence-corrected chi connectivity index (χ3v) is 11.8. The van der Waals surface area contributed by atoms with Gasteiger partial charge in [-0.05, 0) is 19.3 Å². The molecule has 0 saturated carbocycles. The predicted octanol–water partition coefficient (Wildman–Crippen LogP) is 9.16. The van der Waals surface area contributed by atoms with Crippen molar-refractivity contribution in [3.05, 3.63) is 12.2 Å². The molecule has 7 unspecified atom stereocenters. The summed E-state index contributed by atoms with van der Waals surface area (Å²) in [5.41, 5.74) is 0. The van der Waals surface area contributed by atoms with Gasteiger partial charge in [0.1, 0.15) is 24.4 Å². The van der Waals surface area contributed by atoms with Gasteiger partial charge in [0, 0.05) is 6.42 Å². The molecule has 0 aromatic carbocycles. The van der Waals surface area contributed by atoms with E-state index in [-0.39, 0.29) is 18.9 Å². The van der Waals surface area contributed by atoms with Crippen molar-refractivity contribution in [1.82, 2.24) is 5.32 Å². The Labute approximate surface area is 353 Å². The van der Waals surface area contributed by atoms with Crippen molar-refractivity contribution in [2.45, 2.75) is 256 Å². The van der Waals surface area contributed by atoms with Crippen LogP contribution in [0.5, 0.6) is 0 Å². The van der Waals surface area contributed by atoms with E-state index in [2.05, 4.69) is 23.3 Å². The lowest BCUT2D eigenvalue weighted by Gasteiger charge is -2.41. The summed E-state index contributed by atoms with van der Waals surface area (Å²) in [4.78, 5) is 13.0. The van der Waals surface area contributed by atoms with Gasteiger partial charge in [-0.1, -0.05) is 199 Å². The van der Waals surface area contributed by atoms with E-state index in [4.69, 9.17) is 9.47 Å². The van der Waals surface area contributed by atoms with E-state index in [9.17, 15) is 38.2 Å². The Balaban J connectivity index is 2.52. The van der Waals surface area contributed by atoms with Crippen LogP contribution in [0.4, 0.5) is 0 Å². The van der Waals surface area contributed by atoms with Gasteiger partial charge in [0.15, 0.2) is 6.29 Å². The largest absolute Gasteiger partial charge is 0.397 e. The van der Waals surface area contributed by atoms with Crippen LogP contribution < -0.4 is 5.32 Å². The quantitative estimate of drug-likeness (QED) is 0.0196. The molecule has 1 fully saturated rings. The van der Waals surface area contributed by atoms with Crippen molar-refractivity contribution in [2.75, 3.05) is 13.2 Å². The van der Waals surface area contributed by atoms with Crippen LogP contribution in [0.2, 0.25) is 0 Å². The lowest BCUT2D eigenvalue weighted by atomic mass is 9.99. The van der Waals surface area contributed by atoms with Gasteiger partial charge in [0.25, 0.3) is 0 Å². The number of allylic oxidation sites excluding steroid dienone is 1. The summed E-state index contributed by atoms with van der Waals surface area (Å²) in [7, 11) is -5.08. The van der Waals surface area contributed by atoms with Crippen LogP contribution in [0, 0.1) is 0 Å². The summed E-state index contributed by atoms with van der Waals surface area (Å²) < 4.78 is 47.6. The summed E-state index contributed by atoms with van der Waals surface area (Å²) in [6.45, 7) is 3.39. The van der Waals surface area contributed by atoms with Crippen LogP contribution in [-0.4, -0.2) is 95.4 Å². The highest BCUT2D eigenvalue weighted by molar-refractivity contribution is 7.80. The molecule has 6 N–H and O–H groups in total. The lowest BCUT2D eigenvalue weighted by Crippen LogP contribution is -2.61. The molecule has 12 nitrogen and oxygen atoms in total. The van der Waals surface area contributed by atoms with Crippen LogP contribution in [0.3, 0.4) is 0 Å². The summed E-state index contributed by atoms with van der Waals surface area (Å²) in [5.74, 6) is -0.260. The number of ether oxygens (including phenoxy) is 2. The SMILES string of the molecule is CCCCCCCCCCCCCCCCC/C=C/C(O)C(COC1OC(CO)C(O)C(OS(=O)(=O)O)C1O)NC(=O)CCCCCCCCCCCCCCCC. The number of carbonyl (C=O) groups excluding carboxylic acids is 1. The Kier molecular flexibility index (Phi) is 34.5. The van der Waals surface area contributed by atoms with Gasteiger partial charge in [-0.3, -0.25) is 9.35 Å². The van der Waals surface area contributed by atoms with E-state index in [0.29, 0.717) is 6.42 Å². The van der Waals surface area contributed by atoms with E-state index in [1.165, 1.54) is 148 Å². The average molecular weight is 850 g/mol. The molecule has 0 bridgehead atoms. The van der Waals surface area contributed by atoms with Crippen LogP contribution in [0.1, 0.15) is 213 Å². The second-order valence-corrected chi connectivity index (χ2v) is 17.8. The van der Waals surface area contributed by atoms with Crippen LogP contribution >= 0.6 is 0 Å². The molecule has 1 heterocycles. The Morgan fingerprint density at radius 3 is 1.50 bits per heavy atom. The predicted molar refractivity (Wildman–Crippen MR) is 232 cm³/mol. The number of aliphatic hydroxyl groups is 4. The first kappa shape index (κ1) is 54.9.